The Labute approximate surface area is 127 Å². The Balaban J connectivity index is 2.39. The van der Waals surface area contributed by atoms with E-state index in [9.17, 15) is 4.79 Å². The molecule has 1 aliphatic rings. The second kappa shape index (κ2) is 6.13. The van der Waals surface area contributed by atoms with Crippen LogP contribution in [0.4, 0.5) is 10.7 Å². The zero-order valence-electron chi connectivity index (χ0n) is 12.0. The number of ether oxygens (including phenoxy) is 1. The molecule has 20 heavy (non-hydrogen) atoms. The molecule has 1 saturated heterocycles. The minimum atomic E-state index is -0.494. The minimum Gasteiger partial charge on any atom is -0.486 e. The predicted molar refractivity (Wildman–Crippen MR) is 87.1 cm³/mol. The largest absolute Gasteiger partial charge is 0.486 e. The number of nitrogens with two attached hydrogens (primary N) is 2. The van der Waals surface area contributed by atoms with Crippen molar-refractivity contribution in [3.8, 4) is 5.75 Å². The van der Waals surface area contributed by atoms with E-state index < -0.39 is 5.91 Å². The maximum Gasteiger partial charge on any atom is 0.261 e. The molecule has 1 amide bonds. The van der Waals surface area contributed by atoms with Gasteiger partial charge in [-0.2, -0.15) is 11.8 Å². The lowest BCUT2D eigenvalue weighted by Crippen LogP contribution is -2.36. The summed E-state index contributed by atoms with van der Waals surface area (Å²) >= 11 is 3.29. The summed E-state index contributed by atoms with van der Waals surface area (Å²) in [5.41, 5.74) is 11.8. The van der Waals surface area contributed by atoms with Crippen molar-refractivity contribution in [2.75, 3.05) is 29.5 Å². The number of carbonyl (C=O) groups excluding carboxylic acids is 1. The van der Waals surface area contributed by atoms with Crippen molar-refractivity contribution in [2.24, 2.45) is 5.73 Å². The molecule has 0 aromatic carbocycles. The Hall–Kier alpha value is -1.08. The van der Waals surface area contributed by atoms with E-state index in [-0.39, 0.29) is 6.10 Å². The second-order valence-corrected chi connectivity index (χ2v) is 7.68. The van der Waals surface area contributed by atoms with E-state index in [0.717, 1.165) is 23.8 Å². The van der Waals surface area contributed by atoms with E-state index >= 15 is 0 Å². The SMILES string of the molecule is CC(C)Oc1c(N2CCSC(C)C2)sc(C(N)=O)c1N. The van der Waals surface area contributed by atoms with Gasteiger partial charge in [0, 0.05) is 24.1 Å². The number of anilines is 2. The van der Waals surface area contributed by atoms with Crippen LogP contribution in [0.15, 0.2) is 0 Å². The van der Waals surface area contributed by atoms with Crippen molar-refractivity contribution in [2.45, 2.75) is 32.1 Å². The van der Waals surface area contributed by atoms with Gasteiger partial charge in [-0.05, 0) is 13.8 Å². The van der Waals surface area contributed by atoms with E-state index in [4.69, 9.17) is 16.2 Å². The van der Waals surface area contributed by atoms with Gasteiger partial charge in [0.2, 0.25) is 0 Å². The number of thioether (sulfide) groups is 1. The first-order chi connectivity index (χ1) is 9.40. The van der Waals surface area contributed by atoms with Crippen molar-refractivity contribution in [1.29, 1.82) is 0 Å². The molecule has 112 valence electrons. The van der Waals surface area contributed by atoms with Crippen LogP contribution in [0.1, 0.15) is 30.4 Å². The molecule has 2 heterocycles. The Morgan fingerprint density at radius 2 is 2.20 bits per heavy atom. The van der Waals surface area contributed by atoms with Gasteiger partial charge in [0.25, 0.3) is 5.91 Å². The fourth-order valence-corrected chi connectivity index (χ4v) is 4.22. The highest BCUT2D eigenvalue weighted by Gasteiger charge is 2.27. The highest BCUT2D eigenvalue weighted by molar-refractivity contribution is 8.00. The lowest BCUT2D eigenvalue weighted by Gasteiger charge is -2.32. The Morgan fingerprint density at radius 3 is 2.75 bits per heavy atom. The van der Waals surface area contributed by atoms with E-state index in [0.29, 0.717) is 21.6 Å². The maximum absolute atomic E-state index is 11.5. The fraction of sp³-hybridized carbons (Fsp3) is 0.615. The van der Waals surface area contributed by atoms with Gasteiger partial charge >= 0.3 is 0 Å². The number of nitrogen functional groups attached to an aromatic ring is 1. The smallest absolute Gasteiger partial charge is 0.261 e. The molecule has 0 bridgehead atoms. The number of carbonyl (C=O) groups is 1. The van der Waals surface area contributed by atoms with Crippen molar-refractivity contribution in [3.63, 3.8) is 0 Å². The lowest BCUT2D eigenvalue weighted by atomic mass is 10.3. The first-order valence-electron chi connectivity index (χ1n) is 6.65. The number of amides is 1. The lowest BCUT2D eigenvalue weighted by molar-refractivity contribution is 0.100. The maximum atomic E-state index is 11.5. The number of hydrogen-bond donors (Lipinski definition) is 2. The fourth-order valence-electron chi connectivity index (χ4n) is 2.16. The van der Waals surface area contributed by atoms with Crippen LogP contribution < -0.4 is 21.1 Å². The van der Waals surface area contributed by atoms with E-state index in [1.807, 2.05) is 25.6 Å². The zero-order valence-corrected chi connectivity index (χ0v) is 13.6. The monoisotopic (exact) mass is 315 g/mol. The molecule has 1 aromatic rings. The normalized spacial score (nSPS) is 19.4. The first-order valence-corrected chi connectivity index (χ1v) is 8.52. The van der Waals surface area contributed by atoms with Gasteiger partial charge in [-0.3, -0.25) is 4.79 Å². The van der Waals surface area contributed by atoms with E-state index in [1.165, 1.54) is 11.3 Å². The van der Waals surface area contributed by atoms with Gasteiger partial charge in [0.15, 0.2) is 5.75 Å². The van der Waals surface area contributed by atoms with Gasteiger partial charge in [-0.15, -0.1) is 11.3 Å². The van der Waals surface area contributed by atoms with Crippen molar-refractivity contribution in [1.82, 2.24) is 0 Å². The molecule has 0 radical (unpaired) electrons. The summed E-state index contributed by atoms with van der Waals surface area (Å²) in [6.07, 6.45) is 0.00275. The van der Waals surface area contributed by atoms with Crippen LogP contribution in [0.25, 0.3) is 0 Å². The second-order valence-electron chi connectivity index (χ2n) is 5.14. The number of nitrogens with zero attached hydrogens (tertiary/aromatic N) is 1. The molecule has 1 atom stereocenters. The molecule has 1 aliphatic heterocycles. The molecule has 1 fully saturated rings. The molecule has 0 aliphatic carbocycles. The van der Waals surface area contributed by atoms with E-state index in [2.05, 4.69) is 11.8 Å². The van der Waals surface area contributed by atoms with Crippen molar-refractivity contribution >= 4 is 39.7 Å². The van der Waals surface area contributed by atoms with Gasteiger partial charge in [0.05, 0.1) is 6.10 Å². The minimum absolute atomic E-state index is 0.00275. The van der Waals surface area contributed by atoms with Gasteiger partial charge in [0.1, 0.15) is 15.6 Å². The molecular formula is C13H21N3O2S2. The molecular weight excluding hydrogens is 294 g/mol. The standard InChI is InChI=1S/C13H21N3O2S2/c1-7(2)18-10-9(14)11(12(15)17)20-13(10)16-4-5-19-8(3)6-16/h7-8H,4-6,14H2,1-3H3,(H2,15,17). The van der Waals surface area contributed by atoms with Crippen LogP contribution in [0, 0.1) is 0 Å². The van der Waals surface area contributed by atoms with Crippen LogP contribution in [-0.4, -0.2) is 36.1 Å². The summed E-state index contributed by atoms with van der Waals surface area (Å²) in [5, 5.41) is 1.48. The molecule has 1 unspecified atom stereocenters. The number of primary amides is 1. The topological polar surface area (TPSA) is 81.6 Å². The summed E-state index contributed by atoms with van der Waals surface area (Å²) in [4.78, 5) is 14.1. The van der Waals surface area contributed by atoms with Crippen LogP contribution in [-0.2, 0) is 0 Å². The van der Waals surface area contributed by atoms with E-state index in [1.54, 1.807) is 0 Å². The summed E-state index contributed by atoms with van der Waals surface area (Å²) in [7, 11) is 0. The number of thiophene rings is 1. The molecule has 2 rings (SSSR count). The van der Waals surface area contributed by atoms with Gasteiger partial charge in [-0.1, -0.05) is 6.92 Å². The molecule has 0 spiro atoms. The third-order valence-corrected chi connectivity index (χ3v) is 5.39. The van der Waals surface area contributed by atoms with Crippen molar-refractivity contribution in [3.05, 3.63) is 4.88 Å². The van der Waals surface area contributed by atoms with Crippen molar-refractivity contribution < 1.29 is 9.53 Å². The first kappa shape index (κ1) is 15.3. The van der Waals surface area contributed by atoms with Crippen LogP contribution >= 0.6 is 23.1 Å². The summed E-state index contributed by atoms with van der Waals surface area (Å²) in [6, 6.07) is 0. The highest BCUT2D eigenvalue weighted by atomic mass is 32.2. The highest BCUT2D eigenvalue weighted by Crippen LogP contribution is 2.46. The van der Waals surface area contributed by atoms with Crippen LogP contribution in [0.3, 0.4) is 0 Å². The molecule has 1 aromatic heterocycles. The summed E-state index contributed by atoms with van der Waals surface area (Å²) < 4.78 is 5.82. The Morgan fingerprint density at radius 1 is 1.50 bits per heavy atom. The number of hydrogen-bond acceptors (Lipinski definition) is 6. The Kier molecular flexibility index (Phi) is 4.70. The average Bonchev–Trinajstić information content (AvgIpc) is 2.67. The predicted octanol–water partition coefficient (Wildman–Crippen LogP) is 2.16. The van der Waals surface area contributed by atoms with Crippen LogP contribution in [0.5, 0.6) is 5.75 Å². The average molecular weight is 315 g/mol. The van der Waals surface area contributed by atoms with Gasteiger partial charge < -0.3 is 21.1 Å². The van der Waals surface area contributed by atoms with Gasteiger partial charge in [-0.25, -0.2) is 0 Å². The number of rotatable bonds is 4. The quantitative estimate of drug-likeness (QED) is 0.890. The summed E-state index contributed by atoms with van der Waals surface area (Å²) in [5.74, 6) is 1.18. The zero-order chi connectivity index (χ0) is 14.9. The molecule has 5 nitrogen and oxygen atoms in total. The van der Waals surface area contributed by atoms with Crippen LogP contribution in [0.2, 0.25) is 0 Å². The molecule has 4 N–H and O–H groups in total. The summed E-state index contributed by atoms with van der Waals surface area (Å²) in [6.45, 7) is 7.95. The third kappa shape index (κ3) is 3.15. The molecule has 0 saturated carbocycles. The molecule has 7 heteroatoms. The third-order valence-electron chi connectivity index (χ3n) is 2.99. The Bertz CT molecular complexity index is 502.